The molecule has 3 aromatic carbocycles. The van der Waals surface area contributed by atoms with Gasteiger partial charge >= 0.3 is 0 Å². The van der Waals surface area contributed by atoms with Gasteiger partial charge in [0.25, 0.3) is 11.6 Å². The van der Waals surface area contributed by atoms with Crippen molar-refractivity contribution in [3.05, 3.63) is 134 Å². The van der Waals surface area contributed by atoms with E-state index in [0.717, 1.165) is 11.1 Å². The van der Waals surface area contributed by atoms with Crippen LogP contribution in [0.15, 0.2) is 102 Å². The summed E-state index contributed by atoms with van der Waals surface area (Å²) in [5.74, 6) is 1.01. The lowest BCUT2D eigenvalue weighted by atomic mass is 10.0. The summed E-state index contributed by atoms with van der Waals surface area (Å²) in [5, 5.41) is 26.0. The number of aromatic nitrogens is 3. The quantitative estimate of drug-likeness (QED) is 0.119. The Morgan fingerprint density at radius 2 is 1.77 bits per heavy atom. The highest BCUT2D eigenvalue weighted by molar-refractivity contribution is 7.98. The van der Waals surface area contributed by atoms with Crippen molar-refractivity contribution >= 4 is 34.7 Å². The Morgan fingerprint density at radius 1 is 1.00 bits per heavy atom. The maximum atomic E-state index is 13.2. The number of rotatable bonds is 10. The SMILES string of the molecule is Cc1cccc(CSc2nnc(C(Cc3ccccc3)NC(=O)c3cccs3)n2-c2ccc([N+](=O)[O-])cc2)c1. The molecule has 0 aliphatic heterocycles. The van der Waals surface area contributed by atoms with Crippen LogP contribution in [0.4, 0.5) is 5.69 Å². The van der Waals surface area contributed by atoms with Crippen molar-refractivity contribution in [3.8, 4) is 5.69 Å². The first-order valence-electron chi connectivity index (χ1n) is 12.2. The fourth-order valence-electron chi connectivity index (χ4n) is 4.21. The predicted octanol–water partition coefficient (Wildman–Crippen LogP) is 6.55. The minimum absolute atomic E-state index is 0.00540. The molecular formula is C29H25N5O3S2. The molecule has 196 valence electrons. The second-order valence-electron chi connectivity index (χ2n) is 8.92. The van der Waals surface area contributed by atoms with Crippen molar-refractivity contribution < 1.29 is 9.72 Å². The maximum absolute atomic E-state index is 13.2. The van der Waals surface area contributed by atoms with Crippen LogP contribution in [-0.2, 0) is 12.2 Å². The number of amides is 1. The number of benzene rings is 3. The number of nitro groups is 1. The molecule has 2 aromatic heterocycles. The molecule has 0 radical (unpaired) electrons. The Balaban J connectivity index is 1.55. The monoisotopic (exact) mass is 555 g/mol. The van der Waals surface area contributed by atoms with E-state index in [0.29, 0.717) is 33.7 Å². The molecule has 0 saturated heterocycles. The molecule has 0 spiro atoms. The van der Waals surface area contributed by atoms with E-state index in [1.165, 1.54) is 40.8 Å². The van der Waals surface area contributed by atoms with Crippen molar-refractivity contribution in [2.75, 3.05) is 0 Å². The number of nitrogens with zero attached hydrogens (tertiary/aromatic N) is 4. The van der Waals surface area contributed by atoms with Crippen molar-refractivity contribution in [1.82, 2.24) is 20.1 Å². The second-order valence-corrected chi connectivity index (χ2v) is 10.8. The first-order valence-corrected chi connectivity index (χ1v) is 14.1. The van der Waals surface area contributed by atoms with E-state index < -0.39 is 11.0 Å². The van der Waals surface area contributed by atoms with E-state index in [9.17, 15) is 14.9 Å². The van der Waals surface area contributed by atoms with Gasteiger partial charge in [0.05, 0.1) is 15.8 Å². The van der Waals surface area contributed by atoms with Crippen molar-refractivity contribution in [2.24, 2.45) is 0 Å². The lowest BCUT2D eigenvalue weighted by molar-refractivity contribution is -0.384. The molecule has 8 nitrogen and oxygen atoms in total. The number of aryl methyl sites for hydroxylation is 1. The lowest BCUT2D eigenvalue weighted by Gasteiger charge is -2.20. The third kappa shape index (κ3) is 6.42. The highest BCUT2D eigenvalue weighted by Crippen LogP contribution is 2.30. The number of thioether (sulfide) groups is 1. The van der Waals surface area contributed by atoms with E-state index in [-0.39, 0.29) is 11.6 Å². The van der Waals surface area contributed by atoms with Crippen LogP contribution in [0.3, 0.4) is 0 Å². The zero-order valence-corrected chi connectivity index (χ0v) is 22.7. The molecule has 0 aliphatic rings. The summed E-state index contributed by atoms with van der Waals surface area (Å²) in [7, 11) is 0. The normalized spacial score (nSPS) is 11.7. The summed E-state index contributed by atoms with van der Waals surface area (Å²) < 4.78 is 1.88. The molecule has 2 heterocycles. The van der Waals surface area contributed by atoms with Gasteiger partial charge in [-0.25, -0.2) is 0 Å². The molecule has 0 aliphatic carbocycles. The van der Waals surface area contributed by atoms with E-state index in [1.807, 2.05) is 52.4 Å². The lowest BCUT2D eigenvalue weighted by Crippen LogP contribution is -2.31. The van der Waals surface area contributed by atoms with E-state index in [4.69, 9.17) is 0 Å². The Hall–Kier alpha value is -4.28. The summed E-state index contributed by atoms with van der Waals surface area (Å²) in [6, 6.07) is 27.5. The summed E-state index contributed by atoms with van der Waals surface area (Å²) >= 11 is 2.89. The number of carbonyl (C=O) groups is 1. The third-order valence-electron chi connectivity index (χ3n) is 6.07. The number of nitrogens with one attached hydrogen (secondary N) is 1. The number of hydrogen-bond donors (Lipinski definition) is 1. The summed E-state index contributed by atoms with van der Waals surface area (Å²) in [6.07, 6.45) is 0.492. The van der Waals surface area contributed by atoms with Gasteiger partial charge in [-0.1, -0.05) is 78.0 Å². The molecule has 5 rings (SSSR count). The number of non-ortho nitro benzene ring substituents is 1. The zero-order valence-electron chi connectivity index (χ0n) is 21.1. The fraction of sp³-hybridized carbons (Fsp3) is 0.138. The number of carbonyl (C=O) groups excluding carboxylic acids is 1. The fourth-order valence-corrected chi connectivity index (χ4v) is 5.74. The smallest absolute Gasteiger partial charge is 0.269 e. The Kier molecular flexibility index (Phi) is 8.14. The molecule has 1 unspecified atom stereocenters. The first kappa shape index (κ1) is 26.3. The first-order chi connectivity index (χ1) is 19.0. The largest absolute Gasteiger partial charge is 0.341 e. The molecular weight excluding hydrogens is 530 g/mol. The molecule has 39 heavy (non-hydrogen) atoms. The van der Waals surface area contributed by atoms with Gasteiger partial charge in [-0.3, -0.25) is 19.5 Å². The highest BCUT2D eigenvalue weighted by Gasteiger charge is 2.26. The molecule has 5 aromatic rings. The minimum Gasteiger partial charge on any atom is -0.341 e. The Morgan fingerprint density at radius 3 is 2.46 bits per heavy atom. The highest BCUT2D eigenvalue weighted by atomic mass is 32.2. The van der Waals surface area contributed by atoms with Crippen LogP contribution < -0.4 is 5.32 Å². The van der Waals surface area contributed by atoms with E-state index in [1.54, 1.807) is 18.2 Å². The van der Waals surface area contributed by atoms with Crippen molar-refractivity contribution in [1.29, 1.82) is 0 Å². The molecule has 1 atom stereocenters. The average Bonchev–Trinajstić information content (AvgIpc) is 3.63. The molecule has 0 saturated carbocycles. The second kappa shape index (κ2) is 12.1. The van der Waals surface area contributed by atoms with Gasteiger partial charge in [-0.15, -0.1) is 21.5 Å². The van der Waals surface area contributed by atoms with Gasteiger partial charge in [-0.2, -0.15) is 0 Å². The summed E-state index contributed by atoms with van der Waals surface area (Å²) in [6.45, 7) is 2.05. The van der Waals surface area contributed by atoms with Gasteiger partial charge in [0.15, 0.2) is 11.0 Å². The average molecular weight is 556 g/mol. The summed E-state index contributed by atoms with van der Waals surface area (Å²) in [4.78, 5) is 24.6. The van der Waals surface area contributed by atoms with Gasteiger partial charge < -0.3 is 5.32 Å². The van der Waals surface area contributed by atoms with Crippen LogP contribution in [0.1, 0.15) is 38.2 Å². The third-order valence-corrected chi connectivity index (χ3v) is 7.94. The van der Waals surface area contributed by atoms with Crippen LogP contribution in [0.5, 0.6) is 0 Å². The van der Waals surface area contributed by atoms with Gasteiger partial charge in [0, 0.05) is 23.6 Å². The zero-order chi connectivity index (χ0) is 27.2. The van der Waals surface area contributed by atoms with Gasteiger partial charge in [-0.05, 0) is 48.1 Å². The van der Waals surface area contributed by atoms with Crippen LogP contribution >= 0.6 is 23.1 Å². The molecule has 0 fully saturated rings. The number of thiophene rings is 1. The molecule has 0 bridgehead atoms. The predicted molar refractivity (Wildman–Crippen MR) is 153 cm³/mol. The molecule has 10 heteroatoms. The van der Waals surface area contributed by atoms with Gasteiger partial charge in [0.2, 0.25) is 0 Å². The topological polar surface area (TPSA) is 103 Å². The molecule has 1 N–H and O–H groups in total. The number of hydrogen-bond acceptors (Lipinski definition) is 7. The van der Waals surface area contributed by atoms with E-state index in [2.05, 4.69) is 40.6 Å². The summed E-state index contributed by atoms with van der Waals surface area (Å²) in [5.41, 5.74) is 4.02. The molecule has 1 amide bonds. The van der Waals surface area contributed by atoms with Crippen LogP contribution in [0, 0.1) is 17.0 Å². The number of nitro benzene ring substituents is 1. The van der Waals surface area contributed by atoms with E-state index >= 15 is 0 Å². The Labute approximate surface area is 233 Å². The minimum atomic E-state index is -0.502. The Bertz CT molecular complexity index is 1570. The van der Waals surface area contributed by atoms with Crippen molar-refractivity contribution in [3.63, 3.8) is 0 Å². The maximum Gasteiger partial charge on any atom is 0.269 e. The van der Waals surface area contributed by atoms with Crippen molar-refractivity contribution in [2.45, 2.75) is 30.3 Å². The standard InChI is InChI=1S/C29H25N5O3S2/c1-20-7-5-10-22(17-20)19-39-29-32-31-27(33(29)23-12-14-24(15-13-23)34(36)37)25(18-21-8-3-2-4-9-21)30-28(35)26-11-6-16-38-26/h2-17,25H,18-19H2,1H3,(H,30,35). The van der Waals surface area contributed by atoms with Crippen LogP contribution in [0.25, 0.3) is 5.69 Å². The van der Waals surface area contributed by atoms with Crippen LogP contribution in [0.2, 0.25) is 0 Å². The van der Waals surface area contributed by atoms with Crippen LogP contribution in [-0.4, -0.2) is 25.6 Å². The van der Waals surface area contributed by atoms with Gasteiger partial charge in [0.1, 0.15) is 0 Å².